The summed E-state index contributed by atoms with van der Waals surface area (Å²) in [4.78, 5) is 28.4. The Bertz CT molecular complexity index is 1720. The van der Waals surface area contributed by atoms with Gasteiger partial charge in [0.25, 0.3) is 5.91 Å². The zero-order chi connectivity index (χ0) is 31.6. The summed E-state index contributed by atoms with van der Waals surface area (Å²) in [6, 6.07) is 25.8. The first-order chi connectivity index (χ1) is 21.2. The van der Waals surface area contributed by atoms with Gasteiger partial charge in [-0.15, -0.1) is 0 Å². The maximum Gasteiger partial charge on any atom is 0.266 e. The fourth-order valence-corrected chi connectivity index (χ4v) is 4.64. The molecule has 44 heavy (non-hydrogen) atoms. The molecule has 1 aliphatic rings. The summed E-state index contributed by atoms with van der Waals surface area (Å²) < 4.78 is 0. The molecule has 0 saturated carbocycles. The summed E-state index contributed by atoms with van der Waals surface area (Å²) in [5.74, 6) is -4.62. The van der Waals surface area contributed by atoms with Crippen LogP contribution < -0.4 is 5.32 Å². The number of nitriles is 2. The Kier molecular flexibility index (Phi) is 9.82. The molecule has 4 rings (SSSR count). The molecule has 0 heterocycles. The van der Waals surface area contributed by atoms with Gasteiger partial charge in [-0.2, -0.15) is 10.5 Å². The van der Waals surface area contributed by atoms with Crippen LogP contribution >= 0.6 is 0 Å². The molecule has 1 atom stereocenters. The molecule has 3 aromatic rings. The molecule has 1 aliphatic carbocycles. The third-order valence-electron chi connectivity index (χ3n) is 6.76. The van der Waals surface area contributed by atoms with Crippen molar-refractivity contribution in [1.29, 1.82) is 10.5 Å². The van der Waals surface area contributed by atoms with E-state index in [1.807, 2.05) is 66.7 Å². The monoisotopic (exact) mass is 588 g/mol. The number of nitrogens with zero attached hydrogens (tertiary/aromatic N) is 3. The van der Waals surface area contributed by atoms with E-state index in [2.05, 4.69) is 5.32 Å². The Morgan fingerprint density at radius 1 is 0.864 bits per heavy atom. The van der Waals surface area contributed by atoms with Gasteiger partial charge < -0.3 is 30.6 Å². The third kappa shape index (κ3) is 7.32. The van der Waals surface area contributed by atoms with Crippen molar-refractivity contribution in [3.05, 3.63) is 136 Å². The Hall–Kier alpha value is -6.26. The SMILES string of the molecule is N#CCC(=O)NC(=C(C#N)C(=O)N(Cc1ccccc1)Cc1ccccc1)C1C=CC(O)=C(O)C1=Cc1ccc(O)c(O)c1. The number of aliphatic hydroxyl groups excluding tert-OH is 2. The zero-order valence-corrected chi connectivity index (χ0v) is 23.4. The summed E-state index contributed by atoms with van der Waals surface area (Å²) in [5, 5.41) is 63.0. The summed E-state index contributed by atoms with van der Waals surface area (Å²) in [5.41, 5.74) is 1.18. The van der Waals surface area contributed by atoms with E-state index in [1.54, 1.807) is 6.07 Å². The van der Waals surface area contributed by atoms with E-state index in [0.717, 1.165) is 17.2 Å². The molecule has 10 nitrogen and oxygen atoms in total. The average Bonchev–Trinajstić information content (AvgIpc) is 3.02. The van der Waals surface area contributed by atoms with E-state index in [4.69, 9.17) is 5.26 Å². The van der Waals surface area contributed by atoms with Gasteiger partial charge in [-0.05, 0) is 41.0 Å². The molecule has 0 aromatic heterocycles. The molecule has 220 valence electrons. The Balaban J connectivity index is 1.88. The van der Waals surface area contributed by atoms with Crippen molar-refractivity contribution in [1.82, 2.24) is 10.2 Å². The van der Waals surface area contributed by atoms with Crippen LogP contribution in [0, 0.1) is 28.6 Å². The average molecular weight is 589 g/mol. The van der Waals surface area contributed by atoms with Gasteiger partial charge in [0.15, 0.2) is 23.0 Å². The van der Waals surface area contributed by atoms with Crippen LogP contribution in [0.3, 0.4) is 0 Å². The van der Waals surface area contributed by atoms with Crippen molar-refractivity contribution in [2.45, 2.75) is 19.5 Å². The van der Waals surface area contributed by atoms with E-state index >= 15 is 0 Å². The number of nitrogens with one attached hydrogen (secondary N) is 1. The van der Waals surface area contributed by atoms with Gasteiger partial charge in [0, 0.05) is 24.6 Å². The number of carbonyl (C=O) groups is 2. The zero-order valence-electron chi connectivity index (χ0n) is 23.4. The van der Waals surface area contributed by atoms with Crippen LogP contribution in [-0.4, -0.2) is 37.1 Å². The van der Waals surface area contributed by atoms with Gasteiger partial charge in [-0.3, -0.25) is 9.59 Å². The molecule has 0 fully saturated rings. The van der Waals surface area contributed by atoms with Crippen LogP contribution in [0.1, 0.15) is 23.1 Å². The number of allylic oxidation sites excluding steroid dienone is 3. The smallest absolute Gasteiger partial charge is 0.266 e. The minimum atomic E-state index is -1.15. The number of carbonyl (C=O) groups excluding carboxylic acids is 2. The van der Waals surface area contributed by atoms with Gasteiger partial charge in [-0.1, -0.05) is 72.8 Å². The lowest BCUT2D eigenvalue weighted by molar-refractivity contribution is -0.128. The number of rotatable bonds is 9. The summed E-state index contributed by atoms with van der Waals surface area (Å²) in [6.07, 6.45) is 3.32. The van der Waals surface area contributed by atoms with Gasteiger partial charge in [0.1, 0.15) is 18.1 Å². The highest BCUT2D eigenvalue weighted by Gasteiger charge is 2.32. The van der Waals surface area contributed by atoms with Gasteiger partial charge >= 0.3 is 0 Å². The Morgan fingerprint density at radius 3 is 2.02 bits per heavy atom. The molecule has 10 heteroatoms. The molecule has 0 spiro atoms. The number of aliphatic hydroxyl groups is 2. The first-order valence-electron chi connectivity index (χ1n) is 13.4. The van der Waals surface area contributed by atoms with E-state index < -0.39 is 47.0 Å². The van der Waals surface area contributed by atoms with Crippen LogP contribution in [0.5, 0.6) is 11.5 Å². The molecule has 3 aromatic carbocycles. The maximum absolute atomic E-state index is 14.2. The van der Waals surface area contributed by atoms with E-state index in [-0.39, 0.29) is 35.7 Å². The number of benzene rings is 3. The van der Waals surface area contributed by atoms with Crippen LogP contribution in [0.25, 0.3) is 6.08 Å². The number of hydrogen-bond acceptors (Lipinski definition) is 8. The standard InChI is InChI=1S/C34H28N4O6/c35-16-15-31(42)37-32(25-12-14-29(40)33(43)26(25)17-24-11-13-28(39)30(41)18-24)27(19-36)34(44)38(20-22-7-3-1-4-8-22)21-23-9-5-2-6-10-23/h1-14,17-18,25,39-41,43H,15,20-21H2,(H,37,42). The lowest BCUT2D eigenvalue weighted by Crippen LogP contribution is -2.36. The minimum Gasteiger partial charge on any atom is -0.504 e. The van der Waals surface area contributed by atoms with Crippen LogP contribution in [0.15, 0.2) is 119 Å². The van der Waals surface area contributed by atoms with Crippen molar-refractivity contribution in [3.63, 3.8) is 0 Å². The quantitative estimate of drug-likeness (QED) is 0.131. The second-order valence-electron chi connectivity index (χ2n) is 9.83. The molecular formula is C34H28N4O6. The van der Waals surface area contributed by atoms with E-state index in [9.17, 15) is 35.3 Å². The number of phenols is 2. The molecule has 0 saturated heterocycles. The normalized spacial score (nSPS) is 15.6. The molecule has 2 amide bonds. The molecular weight excluding hydrogens is 560 g/mol. The number of phenolic OH excluding ortho intramolecular Hbond substituents is 2. The van der Waals surface area contributed by atoms with Crippen molar-refractivity contribution in [2.24, 2.45) is 5.92 Å². The van der Waals surface area contributed by atoms with E-state index in [1.165, 1.54) is 35.3 Å². The predicted octanol–water partition coefficient (Wildman–Crippen LogP) is 5.03. The highest BCUT2D eigenvalue weighted by atomic mass is 16.3. The highest BCUT2D eigenvalue weighted by molar-refractivity contribution is 5.99. The van der Waals surface area contributed by atoms with Gasteiger partial charge in [0.2, 0.25) is 5.91 Å². The van der Waals surface area contributed by atoms with Crippen LogP contribution in [0.2, 0.25) is 0 Å². The lowest BCUT2D eigenvalue weighted by Gasteiger charge is -2.28. The van der Waals surface area contributed by atoms with Crippen molar-refractivity contribution < 1.29 is 30.0 Å². The fraction of sp³-hybridized carbons (Fsp3) is 0.118. The van der Waals surface area contributed by atoms with Gasteiger partial charge in [0.05, 0.1) is 11.8 Å². The number of aromatic hydroxyl groups is 2. The number of hydrogen-bond donors (Lipinski definition) is 5. The van der Waals surface area contributed by atoms with Crippen molar-refractivity contribution in [2.75, 3.05) is 0 Å². The molecule has 0 bridgehead atoms. The molecule has 1 unspecified atom stereocenters. The van der Waals surface area contributed by atoms with Crippen LogP contribution in [0.4, 0.5) is 0 Å². The highest BCUT2D eigenvalue weighted by Crippen LogP contribution is 2.36. The summed E-state index contributed by atoms with van der Waals surface area (Å²) >= 11 is 0. The third-order valence-corrected chi connectivity index (χ3v) is 6.76. The maximum atomic E-state index is 14.2. The van der Waals surface area contributed by atoms with Crippen molar-refractivity contribution in [3.8, 4) is 23.6 Å². The minimum absolute atomic E-state index is 0.0273. The predicted molar refractivity (Wildman–Crippen MR) is 161 cm³/mol. The van der Waals surface area contributed by atoms with Gasteiger partial charge in [-0.25, -0.2) is 0 Å². The topological polar surface area (TPSA) is 178 Å². The molecule has 0 aliphatic heterocycles. The molecule has 5 N–H and O–H groups in total. The first kappa shape index (κ1) is 30.7. The van der Waals surface area contributed by atoms with Crippen molar-refractivity contribution >= 4 is 17.9 Å². The first-order valence-corrected chi connectivity index (χ1v) is 13.4. The summed E-state index contributed by atoms with van der Waals surface area (Å²) in [6.45, 7) is 0.252. The number of amides is 2. The van der Waals surface area contributed by atoms with E-state index in [0.29, 0.717) is 0 Å². The Morgan fingerprint density at radius 2 is 1.48 bits per heavy atom. The second-order valence-corrected chi connectivity index (χ2v) is 9.83. The Labute approximate surface area is 253 Å². The fourth-order valence-electron chi connectivity index (χ4n) is 4.64. The lowest BCUT2D eigenvalue weighted by atomic mass is 9.85. The summed E-state index contributed by atoms with van der Waals surface area (Å²) in [7, 11) is 0. The largest absolute Gasteiger partial charge is 0.504 e. The van der Waals surface area contributed by atoms with Crippen LogP contribution in [-0.2, 0) is 22.7 Å². The second kappa shape index (κ2) is 14.1. The molecule has 0 radical (unpaired) electrons.